The van der Waals surface area contributed by atoms with Crippen molar-refractivity contribution in [3.05, 3.63) is 29.3 Å². The molecule has 1 aromatic rings. The molecule has 4 amide bonds. The van der Waals surface area contributed by atoms with E-state index in [-0.39, 0.29) is 42.2 Å². The quantitative estimate of drug-likeness (QED) is 0.587. The molecule has 0 radical (unpaired) electrons. The Labute approximate surface area is 216 Å². The van der Waals surface area contributed by atoms with E-state index in [1.807, 2.05) is 17.0 Å². The number of imide groups is 1. The van der Waals surface area contributed by atoms with Gasteiger partial charge in [-0.25, -0.2) is 0 Å². The van der Waals surface area contributed by atoms with Crippen LogP contribution in [-0.4, -0.2) is 95.9 Å². The summed E-state index contributed by atoms with van der Waals surface area (Å²) in [6, 6.07) is 5.21. The number of likely N-dealkylation sites (tertiary alicyclic amines) is 1. The molecule has 37 heavy (non-hydrogen) atoms. The minimum absolute atomic E-state index is 0.0366. The van der Waals surface area contributed by atoms with Gasteiger partial charge in [0.05, 0.1) is 19.1 Å². The second-order valence-electron chi connectivity index (χ2n) is 10.8. The predicted molar refractivity (Wildman–Crippen MR) is 132 cm³/mol. The van der Waals surface area contributed by atoms with Gasteiger partial charge in [-0.3, -0.25) is 29.4 Å². The first-order valence-corrected chi connectivity index (χ1v) is 13.5. The lowest BCUT2D eigenvalue weighted by Crippen LogP contribution is -2.62. The SMILES string of the molecule is O=C1CCC(N2Cc3cc(O[C@H]4CCCC[C@H]4N4CC(C(=O)N5CCOCC5)C4)ccc3C2=O)C(=O)N1. The van der Waals surface area contributed by atoms with Crippen LogP contribution < -0.4 is 10.1 Å². The van der Waals surface area contributed by atoms with E-state index in [0.717, 1.165) is 50.1 Å². The summed E-state index contributed by atoms with van der Waals surface area (Å²) in [5.41, 5.74) is 1.43. The van der Waals surface area contributed by atoms with E-state index in [2.05, 4.69) is 10.2 Å². The molecule has 4 heterocycles. The highest BCUT2D eigenvalue weighted by atomic mass is 16.5. The Bertz CT molecular complexity index is 1100. The Morgan fingerprint density at radius 1 is 1.03 bits per heavy atom. The molecule has 4 fully saturated rings. The molecule has 0 bridgehead atoms. The molecule has 0 spiro atoms. The first-order valence-electron chi connectivity index (χ1n) is 13.5. The highest BCUT2D eigenvalue weighted by molar-refractivity contribution is 6.05. The zero-order valence-corrected chi connectivity index (χ0v) is 21.0. The maximum atomic E-state index is 13.0. The number of rotatable bonds is 5. The van der Waals surface area contributed by atoms with Crippen LogP contribution in [0.1, 0.15) is 54.4 Å². The van der Waals surface area contributed by atoms with Gasteiger partial charge in [0, 0.05) is 50.7 Å². The van der Waals surface area contributed by atoms with Crippen molar-refractivity contribution in [2.24, 2.45) is 5.92 Å². The van der Waals surface area contributed by atoms with Gasteiger partial charge in [0.15, 0.2) is 0 Å². The Balaban J connectivity index is 1.08. The Kier molecular flexibility index (Phi) is 6.62. The van der Waals surface area contributed by atoms with E-state index >= 15 is 0 Å². The topological polar surface area (TPSA) is 108 Å². The number of morpholine rings is 1. The third-order valence-corrected chi connectivity index (χ3v) is 8.50. The van der Waals surface area contributed by atoms with Crippen molar-refractivity contribution in [3.63, 3.8) is 0 Å². The van der Waals surface area contributed by atoms with Crippen molar-refractivity contribution in [3.8, 4) is 5.75 Å². The molecule has 1 aromatic carbocycles. The third kappa shape index (κ3) is 4.72. The number of benzene rings is 1. The van der Waals surface area contributed by atoms with Gasteiger partial charge in [0.25, 0.3) is 5.91 Å². The van der Waals surface area contributed by atoms with Crippen molar-refractivity contribution in [1.29, 1.82) is 0 Å². The van der Waals surface area contributed by atoms with Crippen LogP contribution in [0.25, 0.3) is 0 Å². The molecule has 10 nitrogen and oxygen atoms in total. The van der Waals surface area contributed by atoms with E-state index in [0.29, 0.717) is 44.8 Å². The van der Waals surface area contributed by atoms with Crippen molar-refractivity contribution in [2.45, 2.75) is 63.3 Å². The highest BCUT2D eigenvalue weighted by Gasteiger charge is 2.43. The molecular weight excluding hydrogens is 476 g/mol. The predicted octanol–water partition coefficient (Wildman–Crippen LogP) is 0.928. The smallest absolute Gasteiger partial charge is 0.255 e. The molecule has 198 valence electrons. The highest BCUT2D eigenvalue weighted by Crippen LogP contribution is 2.35. The Morgan fingerprint density at radius 2 is 1.81 bits per heavy atom. The van der Waals surface area contributed by atoms with E-state index in [1.165, 1.54) is 0 Å². The summed E-state index contributed by atoms with van der Waals surface area (Å²) in [6.45, 7) is 4.51. The van der Waals surface area contributed by atoms with Crippen LogP contribution in [0.5, 0.6) is 5.75 Å². The third-order valence-electron chi connectivity index (χ3n) is 8.50. The van der Waals surface area contributed by atoms with Crippen LogP contribution >= 0.6 is 0 Å². The van der Waals surface area contributed by atoms with E-state index in [9.17, 15) is 19.2 Å². The minimum Gasteiger partial charge on any atom is -0.489 e. The van der Waals surface area contributed by atoms with Crippen LogP contribution in [0.15, 0.2) is 18.2 Å². The molecule has 3 atom stereocenters. The molecule has 3 saturated heterocycles. The maximum Gasteiger partial charge on any atom is 0.255 e. The number of piperidine rings is 1. The number of carbonyl (C=O) groups excluding carboxylic acids is 4. The van der Waals surface area contributed by atoms with Crippen molar-refractivity contribution < 1.29 is 28.7 Å². The molecule has 10 heteroatoms. The molecule has 1 N–H and O–H groups in total. The number of fused-ring (bicyclic) bond motifs is 1. The number of hydrogen-bond donors (Lipinski definition) is 1. The number of ether oxygens (including phenoxy) is 2. The average molecular weight is 511 g/mol. The van der Waals surface area contributed by atoms with Gasteiger partial charge in [-0.1, -0.05) is 6.42 Å². The molecular formula is C27H34N4O6. The molecule has 1 aliphatic carbocycles. The minimum atomic E-state index is -0.621. The molecule has 5 aliphatic rings. The molecule has 1 unspecified atom stereocenters. The van der Waals surface area contributed by atoms with Gasteiger partial charge >= 0.3 is 0 Å². The van der Waals surface area contributed by atoms with Gasteiger partial charge in [-0.15, -0.1) is 0 Å². The lowest BCUT2D eigenvalue weighted by molar-refractivity contribution is -0.148. The monoisotopic (exact) mass is 510 g/mol. The number of hydrogen-bond acceptors (Lipinski definition) is 7. The molecule has 1 saturated carbocycles. The van der Waals surface area contributed by atoms with Crippen molar-refractivity contribution >= 4 is 23.6 Å². The zero-order valence-electron chi connectivity index (χ0n) is 21.0. The zero-order chi connectivity index (χ0) is 25.5. The fraction of sp³-hybridized carbons (Fsp3) is 0.630. The standard InChI is InChI=1S/C27H34N4O6/c32-24-8-7-22(25(33)28-24)31-16-17-13-19(5-6-20(17)27(31)35)37-23-4-2-1-3-21(23)30-14-18(15-30)26(34)29-9-11-36-12-10-29/h5-6,13,18,21-23H,1-4,7-12,14-16H2,(H,28,32,33)/t21-,22?,23+/m1/s1. The maximum absolute atomic E-state index is 13.0. The first-order chi connectivity index (χ1) is 18.0. The van der Waals surface area contributed by atoms with Gasteiger partial charge < -0.3 is 19.3 Å². The molecule has 6 rings (SSSR count). The lowest BCUT2D eigenvalue weighted by Gasteiger charge is -2.48. The van der Waals surface area contributed by atoms with Crippen molar-refractivity contribution in [2.75, 3.05) is 39.4 Å². The van der Waals surface area contributed by atoms with Gasteiger partial charge in [-0.05, 0) is 49.4 Å². The molecule has 4 aliphatic heterocycles. The summed E-state index contributed by atoms with van der Waals surface area (Å²) in [5, 5.41) is 2.34. The summed E-state index contributed by atoms with van der Waals surface area (Å²) in [7, 11) is 0. The van der Waals surface area contributed by atoms with Crippen molar-refractivity contribution in [1.82, 2.24) is 20.0 Å². The Morgan fingerprint density at radius 3 is 2.59 bits per heavy atom. The number of nitrogens with zero attached hydrogens (tertiary/aromatic N) is 3. The number of nitrogens with one attached hydrogen (secondary N) is 1. The number of carbonyl (C=O) groups is 4. The summed E-state index contributed by atoms with van der Waals surface area (Å²) in [4.78, 5) is 55.5. The van der Waals surface area contributed by atoms with Crippen LogP contribution in [0, 0.1) is 5.92 Å². The van der Waals surface area contributed by atoms with E-state index in [4.69, 9.17) is 9.47 Å². The second kappa shape index (κ2) is 10.1. The van der Waals surface area contributed by atoms with Crippen LogP contribution in [-0.2, 0) is 25.7 Å². The second-order valence-corrected chi connectivity index (χ2v) is 10.8. The Hall–Kier alpha value is -2.98. The summed E-state index contributed by atoms with van der Waals surface area (Å²) in [5.74, 6) is 0.167. The normalized spacial score (nSPS) is 29.1. The summed E-state index contributed by atoms with van der Waals surface area (Å²) in [6.07, 6.45) is 4.90. The van der Waals surface area contributed by atoms with Gasteiger partial charge in [0.1, 0.15) is 17.9 Å². The first kappa shape index (κ1) is 24.4. The number of amides is 4. The fourth-order valence-electron chi connectivity index (χ4n) is 6.41. The lowest BCUT2D eigenvalue weighted by atomic mass is 9.86. The van der Waals surface area contributed by atoms with Crippen LogP contribution in [0.3, 0.4) is 0 Å². The van der Waals surface area contributed by atoms with E-state index in [1.54, 1.807) is 11.0 Å². The van der Waals surface area contributed by atoms with Crippen LogP contribution in [0.2, 0.25) is 0 Å². The van der Waals surface area contributed by atoms with E-state index < -0.39 is 11.9 Å². The van der Waals surface area contributed by atoms with Gasteiger partial charge in [-0.2, -0.15) is 0 Å². The summed E-state index contributed by atoms with van der Waals surface area (Å²) < 4.78 is 11.9. The summed E-state index contributed by atoms with van der Waals surface area (Å²) >= 11 is 0. The molecule has 0 aromatic heterocycles. The average Bonchev–Trinajstić information content (AvgIpc) is 3.20. The largest absolute Gasteiger partial charge is 0.489 e. The fourth-order valence-corrected chi connectivity index (χ4v) is 6.41. The van der Waals surface area contributed by atoms with Gasteiger partial charge in [0.2, 0.25) is 17.7 Å². The van der Waals surface area contributed by atoms with Crippen LogP contribution in [0.4, 0.5) is 0 Å².